The molecule has 0 aromatic heterocycles. The highest BCUT2D eigenvalue weighted by Crippen LogP contribution is 2.50. The second-order valence-corrected chi connectivity index (χ2v) is 4.34. The summed E-state index contributed by atoms with van der Waals surface area (Å²) in [6.07, 6.45) is 0.919. The molecule has 1 fully saturated rings. The van der Waals surface area contributed by atoms with Crippen LogP contribution in [-0.4, -0.2) is 23.3 Å². The lowest BCUT2D eigenvalue weighted by Crippen LogP contribution is -2.43. The molecule has 0 amide bonds. The fraction of sp³-hybridized carbons (Fsp3) is 0.417. The number of ether oxygens (including phenoxy) is 1. The molecule has 1 aromatic rings. The standard InChI is InChI=1S/C12H12F2O4/c1-18-7-5-6(13)9(14)8(10(7)15)12(11(16)17)3-2-4-12/h5,15H,2-4H2,1H3,(H,16,17). The molecule has 0 atom stereocenters. The lowest BCUT2D eigenvalue weighted by Gasteiger charge is -2.38. The van der Waals surface area contributed by atoms with Gasteiger partial charge in [0.2, 0.25) is 0 Å². The van der Waals surface area contributed by atoms with Crippen LogP contribution in [0.15, 0.2) is 6.07 Å². The van der Waals surface area contributed by atoms with Gasteiger partial charge < -0.3 is 14.9 Å². The summed E-state index contributed by atoms with van der Waals surface area (Å²) >= 11 is 0. The van der Waals surface area contributed by atoms with Crippen LogP contribution in [0.3, 0.4) is 0 Å². The van der Waals surface area contributed by atoms with Crippen molar-refractivity contribution in [3.8, 4) is 11.5 Å². The summed E-state index contributed by atoms with van der Waals surface area (Å²) in [5, 5.41) is 19.0. The van der Waals surface area contributed by atoms with E-state index in [0.717, 1.165) is 0 Å². The lowest BCUT2D eigenvalue weighted by atomic mass is 9.64. The Bertz CT molecular complexity index is 509. The number of halogens is 2. The lowest BCUT2D eigenvalue weighted by molar-refractivity contribution is -0.147. The number of methoxy groups -OCH3 is 1. The van der Waals surface area contributed by atoms with E-state index in [1.54, 1.807) is 0 Å². The molecule has 98 valence electrons. The monoisotopic (exact) mass is 258 g/mol. The summed E-state index contributed by atoms with van der Waals surface area (Å²) in [5.41, 5.74) is -2.07. The summed E-state index contributed by atoms with van der Waals surface area (Å²) in [4.78, 5) is 11.3. The van der Waals surface area contributed by atoms with Gasteiger partial charge in [-0.3, -0.25) is 4.79 Å². The second kappa shape index (κ2) is 4.12. The maximum absolute atomic E-state index is 13.8. The fourth-order valence-electron chi connectivity index (χ4n) is 2.29. The Kier molecular flexibility index (Phi) is 2.88. The Balaban J connectivity index is 2.70. The molecule has 1 aliphatic rings. The molecule has 1 saturated carbocycles. The molecule has 0 bridgehead atoms. The quantitative estimate of drug-likeness (QED) is 0.872. The summed E-state index contributed by atoms with van der Waals surface area (Å²) in [5.74, 6) is -4.73. The van der Waals surface area contributed by atoms with Crippen molar-refractivity contribution in [3.05, 3.63) is 23.3 Å². The number of phenols is 1. The van der Waals surface area contributed by atoms with Crippen LogP contribution in [-0.2, 0) is 10.2 Å². The van der Waals surface area contributed by atoms with Gasteiger partial charge in [-0.25, -0.2) is 8.78 Å². The Morgan fingerprint density at radius 1 is 1.44 bits per heavy atom. The Hall–Kier alpha value is -1.85. The van der Waals surface area contributed by atoms with Crippen molar-refractivity contribution in [3.63, 3.8) is 0 Å². The number of phenolic OH excluding ortho intramolecular Hbond substituents is 1. The van der Waals surface area contributed by atoms with Crippen molar-refractivity contribution in [1.29, 1.82) is 0 Å². The minimum Gasteiger partial charge on any atom is -0.504 e. The largest absolute Gasteiger partial charge is 0.504 e. The van der Waals surface area contributed by atoms with Crippen molar-refractivity contribution < 1.29 is 28.5 Å². The topological polar surface area (TPSA) is 66.8 Å². The summed E-state index contributed by atoms with van der Waals surface area (Å²) in [7, 11) is 1.18. The van der Waals surface area contributed by atoms with Crippen LogP contribution < -0.4 is 4.74 Å². The van der Waals surface area contributed by atoms with Crippen LogP contribution in [0.4, 0.5) is 8.78 Å². The van der Waals surface area contributed by atoms with Crippen LogP contribution in [0, 0.1) is 11.6 Å². The van der Waals surface area contributed by atoms with Gasteiger partial charge in [-0.15, -0.1) is 0 Å². The van der Waals surface area contributed by atoms with E-state index < -0.39 is 34.3 Å². The average Bonchev–Trinajstić information content (AvgIpc) is 2.26. The minimum atomic E-state index is -1.55. The molecule has 6 heteroatoms. The predicted octanol–water partition coefficient (Wildman–Crippen LogP) is 2.19. The molecule has 1 aromatic carbocycles. The van der Waals surface area contributed by atoms with Crippen LogP contribution >= 0.6 is 0 Å². The van der Waals surface area contributed by atoms with Gasteiger partial charge in [-0.1, -0.05) is 6.42 Å². The summed E-state index contributed by atoms with van der Waals surface area (Å²) in [6, 6.07) is 0.697. The average molecular weight is 258 g/mol. The molecule has 0 heterocycles. The third kappa shape index (κ3) is 1.52. The molecule has 0 aliphatic heterocycles. The third-order valence-electron chi connectivity index (χ3n) is 3.47. The first-order chi connectivity index (χ1) is 8.44. The zero-order chi connectivity index (χ0) is 13.5. The molecule has 4 nitrogen and oxygen atoms in total. The fourth-order valence-corrected chi connectivity index (χ4v) is 2.29. The van der Waals surface area contributed by atoms with Crippen molar-refractivity contribution in [2.75, 3.05) is 7.11 Å². The van der Waals surface area contributed by atoms with Gasteiger partial charge in [0.15, 0.2) is 23.1 Å². The molecule has 0 unspecified atom stereocenters. The van der Waals surface area contributed by atoms with Gasteiger partial charge in [0.05, 0.1) is 18.1 Å². The van der Waals surface area contributed by atoms with Crippen LogP contribution in [0.25, 0.3) is 0 Å². The third-order valence-corrected chi connectivity index (χ3v) is 3.47. The Morgan fingerprint density at radius 2 is 2.06 bits per heavy atom. The van der Waals surface area contributed by atoms with Crippen LogP contribution in [0.1, 0.15) is 24.8 Å². The highest BCUT2D eigenvalue weighted by molar-refractivity contribution is 5.84. The maximum atomic E-state index is 13.8. The number of aromatic hydroxyl groups is 1. The normalized spacial score (nSPS) is 17.1. The molecular formula is C12H12F2O4. The van der Waals surface area contributed by atoms with E-state index in [0.29, 0.717) is 12.5 Å². The maximum Gasteiger partial charge on any atom is 0.314 e. The summed E-state index contributed by atoms with van der Waals surface area (Å²) in [6.45, 7) is 0. The van der Waals surface area contributed by atoms with Gasteiger partial charge >= 0.3 is 5.97 Å². The van der Waals surface area contributed by atoms with Crippen molar-refractivity contribution in [1.82, 2.24) is 0 Å². The number of aliphatic carboxylic acids is 1. The number of hydrogen-bond acceptors (Lipinski definition) is 3. The zero-order valence-corrected chi connectivity index (χ0v) is 9.67. The first kappa shape index (κ1) is 12.6. The van der Waals surface area contributed by atoms with Crippen molar-refractivity contribution >= 4 is 5.97 Å². The van der Waals surface area contributed by atoms with E-state index in [1.165, 1.54) is 7.11 Å². The predicted molar refractivity (Wildman–Crippen MR) is 57.7 cm³/mol. The number of hydrogen-bond donors (Lipinski definition) is 2. The highest BCUT2D eigenvalue weighted by atomic mass is 19.2. The van der Waals surface area contributed by atoms with E-state index >= 15 is 0 Å². The van der Waals surface area contributed by atoms with Crippen LogP contribution in [0.2, 0.25) is 0 Å². The van der Waals surface area contributed by atoms with E-state index in [-0.39, 0.29) is 18.6 Å². The van der Waals surface area contributed by atoms with Gasteiger partial charge in [-0.05, 0) is 12.8 Å². The van der Waals surface area contributed by atoms with Gasteiger partial charge in [0.25, 0.3) is 0 Å². The number of benzene rings is 1. The minimum absolute atomic E-state index is 0.166. The molecule has 0 spiro atoms. The van der Waals surface area contributed by atoms with Crippen molar-refractivity contribution in [2.24, 2.45) is 0 Å². The van der Waals surface area contributed by atoms with E-state index in [2.05, 4.69) is 0 Å². The zero-order valence-electron chi connectivity index (χ0n) is 9.67. The molecular weight excluding hydrogens is 246 g/mol. The molecule has 18 heavy (non-hydrogen) atoms. The summed E-state index contributed by atoms with van der Waals surface area (Å²) < 4.78 is 31.9. The van der Waals surface area contributed by atoms with Gasteiger partial charge in [0, 0.05) is 6.07 Å². The first-order valence-corrected chi connectivity index (χ1v) is 5.43. The number of rotatable bonds is 3. The van der Waals surface area contributed by atoms with E-state index in [9.17, 15) is 23.8 Å². The highest BCUT2D eigenvalue weighted by Gasteiger charge is 2.50. The first-order valence-electron chi connectivity index (χ1n) is 5.43. The molecule has 0 saturated heterocycles. The Labute approximate surface area is 102 Å². The molecule has 2 rings (SSSR count). The van der Waals surface area contributed by atoms with Crippen molar-refractivity contribution in [2.45, 2.75) is 24.7 Å². The van der Waals surface area contributed by atoms with Crippen LogP contribution in [0.5, 0.6) is 11.5 Å². The smallest absolute Gasteiger partial charge is 0.314 e. The van der Waals surface area contributed by atoms with E-state index in [1.807, 2.05) is 0 Å². The number of carboxylic acid groups (broad SMARTS) is 1. The number of carboxylic acids is 1. The van der Waals surface area contributed by atoms with Gasteiger partial charge in [0.1, 0.15) is 0 Å². The number of carbonyl (C=O) groups is 1. The molecule has 2 N–H and O–H groups in total. The Morgan fingerprint density at radius 3 is 2.44 bits per heavy atom. The SMILES string of the molecule is COc1cc(F)c(F)c(C2(C(=O)O)CCC2)c1O. The molecule has 0 radical (unpaired) electrons. The second-order valence-electron chi connectivity index (χ2n) is 4.34. The van der Waals surface area contributed by atoms with E-state index in [4.69, 9.17) is 4.74 Å². The van der Waals surface area contributed by atoms with Gasteiger partial charge in [-0.2, -0.15) is 0 Å². The molecule has 1 aliphatic carbocycles.